The zero-order chi connectivity index (χ0) is 22.6. The van der Waals surface area contributed by atoms with Crippen LogP contribution < -0.4 is 4.74 Å². The lowest BCUT2D eigenvalue weighted by Gasteiger charge is -2.25. The van der Waals surface area contributed by atoms with Gasteiger partial charge in [-0.25, -0.2) is 0 Å². The molecule has 0 fully saturated rings. The van der Waals surface area contributed by atoms with E-state index in [4.69, 9.17) is 14.2 Å². The van der Waals surface area contributed by atoms with Gasteiger partial charge in [-0.3, -0.25) is 14.5 Å². The number of ether oxygens (including phenoxy) is 3. The maximum atomic E-state index is 13.4. The monoisotopic (exact) mass is 432 g/mol. The molecule has 0 unspecified atom stereocenters. The number of methoxy groups -OCH3 is 2. The van der Waals surface area contributed by atoms with Crippen LogP contribution in [-0.2, 0) is 19.1 Å². The van der Waals surface area contributed by atoms with Gasteiger partial charge in [-0.2, -0.15) is 0 Å². The molecule has 1 aromatic carbocycles. The Balaban J connectivity index is 2.40. The predicted molar refractivity (Wildman–Crippen MR) is 121 cm³/mol. The number of rotatable bonds is 15. The Bertz CT molecular complexity index is 737. The average molecular weight is 433 g/mol. The van der Waals surface area contributed by atoms with Gasteiger partial charge in [-0.1, -0.05) is 38.3 Å². The fraction of sp³-hybridized carbons (Fsp3) is 0.583. The van der Waals surface area contributed by atoms with Gasteiger partial charge in [0, 0.05) is 33.9 Å². The first-order chi connectivity index (χ1) is 15.1. The molecule has 2 amide bonds. The molecule has 0 bridgehead atoms. The van der Waals surface area contributed by atoms with Crippen molar-refractivity contribution in [1.29, 1.82) is 0 Å². The van der Waals surface area contributed by atoms with E-state index in [0.29, 0.717) is 56.3 Å². The van der Waals surface area contributed by atoms with Crippen molar-refractivity contribution in [2.24, 2.45) is 0 Å². The van der Waals surface area contributed by atoms with Crippen LogP contribution in [0.15, 0.2) is 30.0 Å². The summed E-state index contributed by atoms with van der Waals surface area (Å²) in [6, 6.07) is 7.35. The molecule has 0 saturated heterocycles. The van der Waals surface area contributed by atoms with Gasteiger partial charge in [-0.05, 0) is 31.0 Å². The summed E-state index contributed by atoms with van der Waals surface area (Å²) in [5, 5.41) is 0. The van der Waals surface area contributed by atoms with Crippen LogP contribution in [0.25, 0.3) is 5.57 Å². The lowest BCUT2D eigenvalue weighted by molar-refractivity contribution is -0.137. The molecule has 7 heteroatoms. The van der Waals surface area contributed by atoms with Gasteiger partial charge in [0.1, 0.15) is 11.4 Å². The second-order valence-electron chi connectivity index (χ2n) is 7.48. The fourth-order valence-corrected chi connectivity index (χ4v) is 3.64. The van der Waals surface area contributed by atoms with E-state index in [0.717, 1.165) is 31.4 Å². The SMILES string of the molecule is CCCCCCN1C(=O)C(c2ccc(OCC)cc2)=C(N(CCOC)CCOC)C1=O. The Morgan fingerprint density at radius 3 is 2.06 bits per heavy atom. The van der Waals surface area contributed by atoms with Gasteiger partial charge in [0.2, 0.25) is 0 Å². The van der Waals surface area contributed by atoms with Gasteiger partial charge >= 0.3 is 0 Å². The minimum Gasteiger partial charge on any atom is -0.494 e. The van der Waals surface area contributed by atoms with Crippen molar-refractivity contribution >= 4 is 17.4 Å². The summed E-state index contributed by atoms with van der Waals surface area (Å²) in [6.45, 7) is 6.95. The number of nitrogens with zero attached hydrogens (tertiary/aromatic N) is 2. The molecule has 0 radical (unpaired) electrons. The molecule has 0 spiro atoms. The second-order valence-corrected chi connectivity index (χ2v) is 7.48. The molecule has 0 aromatic heterocycles. The fourth-order valence-electron chi connectivity index (χ4n) is 3.64. The summed E-state index contributed by atoms with van der Waals surface area (Å²) >= 11 is 0. The minimum atomic E-state index is -0.238. The third-order valence-corrected chi connectivity index (χ3v) is 5.28. The highest BCUT2D eigenvalue weighted by atomic mass is 16.5. The standard InChI is InChI=1S/C24H36N2O5/c1-5-7-8-9-14-26-23(27)21(19-10-12-20(13-11-19)31-6-2)22(24(26)28)25(15-17-29-3)16-18-30-4/h10-13H,5-9,14-18H2,1-4H3. The number of carbonyl (C=O) groups excluding carboxylic acids is 2. The molecule has 0 aliphatic carbocycles. The van der Waals surface area contributed by atoms with Crippen LogP contribution in [0.2, 0.25) is 0 Å². The molecule has 31 heavy (non-hydrogen) atoms. The van der Waals surface area contributed by atoms with E-state index in [1.165, 1.54) is 4.90 Å². The van der Waals surface area contributed by atoms with E-state index in [1.54, 1.807) is 14.2 Å². The normalized spacial score (nSPS) is 14.0. The Morgan fingerprint density at radius 2 is 1.52 bits per heavy atom. The quantitative estimate of drug-likeness (QED) is 0.313. The van der Waals surface area contributed by atoms with E-state index >= 15 is 0 Å². The zero-order valence-corrected chi connectivity index (χ0v) is 19.3. The lowest BCUT2D eigenvalue weighted by Crippen LogP contribution is -2.38. The van der Waals surface area contributed by atoms with Crippen molar-refractivity contribution in [3.05, 3.63) is 35.5 Å². The van der Waals surface area contributed by atoms with Gasteiger partial charge in [0.05, 0.1) is 25.4 Å². The highest BCUT2D eigenvalue weighted by Crippen LogP contribution is 2.32. The van der Waals surface area contributed by atoms with Crippen molar-refractivity contribution in [3.63, 3.8) is 0 Å². The molecular formula is C24H36N2O5. The first-order valence-electron chi connectivity index (χ1n) is 11.1. The van der Waals surface area contributed by atoms with E-state index in [1.807, 2.05) is 36.1 Å². The number of amides is 2. The van der Waals surface area contributed by atoms with Crippen molar-refractivity contribution < 1.29 is 23.8 Å². The van der Waals surface area contributed by atoms with Crippen molar-refractivity contribution in [1.82, 2.24) is 9.80 Å². The molecule has 2 rings (SSSR count). The van der Waals surface area contributed by atoms with Crippen molar-refractivity contribution in [3.8, 4) is 5.75 Å². The number of carbonyl (C=O) groups is 2. The molecular weight excluding hydrogens is 396 g/mol. The molecule has 7 nitrogen and oxygen atoms in total. The van der Waals surface area contributed by atoms with Crippen LogP contribution in [0, 0.1) is 0 Å². The number of hydrogen-bond donors (Lipinski definition) is 0. The maximum Gasteiger partial charge on any atom is 0.277 e. The van der Waals surface area contributed by atoms with E-state index in [9.17, 15) is 9.59 Å². The van der Waals surface area contributed by atoms with Crippen LogP contribution in [0.5, 0.6) is 5.75 Å². The Kier molecular flexibility index (Phi) is 10.5. The summed E-state index contributed by atoms with van der Waals surface area (Å²) < 4.78 is 16.0. The Morgan fingerprint density at radius 1 is 0.871 bits per heavy atom. The van der Waals surface area contributed by atoms with Crippen LogP contribution in [0.4, 0.5) is 0 Å². The van der Waals surface area contributed by atoms with E-state index in [-0.39, 0.29) is 11.8 Å². The van der Waals surface area contributed by atoms with Gasteiger partial charge in [0.25, 0.3) is 11.8 Å². The highest BCUT2D eigenvalue weighted by molar-refractivity contribution is 6.35. The largest absolute Gasteiger partial charge is 0.494 e. The number of unbranched alkanes of at least 4 members (excludes halogenated alkanes) is 3. The van der Waals surface area contributed by atoms with Crippen LogP contribution in [-0.4, -0.2) is 75.3 Å². The van der Waals surface area contributed by atoms with E-state index < -0.39 is 0 Å². The molecule has 1 aromatic rings. The molecule has 1 aliphatic rings. The average Bonchev–Trinajstić information content (AvgIpc) is 3.02. The lowest BCUT2D eigenvalue weighted by atomic mass is 10.0. The summed E-state index contributed by atoms with van der Waals surface area (Å²) in [5.41, 5.74) is 1.59. The predicted octanol–water partition coefficient (Wildman–Crippen LogP) is 3.34. The minimum absolute atomic E-state index is 0.236. The molecule has 172 valence electrons. The van der Waals surface area contributed by atoms with Crippen molar-refractivity contribution in [2.75, 3.05) is 53.7 Å². The topological polar surface area (TPSA) is 68.3 Å². The summed E-state index contributed by atoms with van der Waals surface area (Å²) in [7, 11) is 3.25. The molecule has 0 N–H and O–H groups in total. The first kappa shape index (κ1) is 24.9. The smallest absolute Gasteiger partial charge is 0.277 e. The third-order valence-electron chi connectivity index (χ3n) is 5.28. The molecule has 0 saturated carbocycles. The number of hydrogen-bond acceptors (Lipinski definition) is 6. The van der Waals surface area contributed by atoms with Crippen molar-refractivity contribution in [2.45, 2.75) is 39.5 Å². The maximum absolute atomic E-state index is 13.4. The van der Waals surface area contributed by atoms with Gasteiger partial charge in [0.15, 0.2) is 0 Å². The van der Waals surface area contributed by atoms with Crippen LogP contribution in [0.1, 0.15) is 45.1 Å². The summed E-state index contributed by atoms with van der Waals surface area (Å²) in [5.74, 6) is 0.260. The summed E-state index contributed by atoms with van der Waals surface area (Å²) in [4.78, 5) is 30.1. The Hall–Kier alpha value is -2.38. The number of benzene rings is 1. The molecule has 0 atom stereocenters. The first-order valence-corrected chi connectivity index (χ1v) is 11.1. The highest BCUT2D eigenvalue weighted by Gasteiger charge is 2.41. The van der Waals surface area contributed by atoms with Crippen LogP contribution >= 0.6 is 0 Å². The van der Waals surface area contributed by atoms with Gasteiger partial charge < -0.3 is 19.1 Å². The van der Waals surface area contributed by atoms with E-state index in [2.05, 4.69) is 6.92 Å². The molecule has 1 heterocycles. The van der Waals surface area contributed by atoms with Crippen LogP contribution in [0.3, 0.4) is 0 Å². The second kappa shape index (κ2) is 13.1. The molecule has 1 aliphatic heterocycles. The van der Waals surface area contributed by atoms with Gasteiger partial charge in [-0.15, -0.1) is 0 Å². The number of imide groups is 1. The Labute approximate surface area is 185 Å². The third kappa shape index (κ3) is 6.55. The summed E-state index contributed by atoms with van der Waals surface area (Å²) in [6.07, 6.45) is 4.00. The zero-order valence-electron chi connectivity index (χ0n) is 19.3.